The highest BCUT2D eigenvalue weighted by Crippen LogP contribution is 2.23. The Balaban J connectivity index is 1.83. The lowest BCUT2D eigenvalue weighted by Crippen LogP contribution is -2.61. The topological polar surface area (TPSA) is 354 Å². The van der Waals surface area contributed by atoms with Gasteiger partial charge in [0.25, 0.3) is 0 Å². The van der Waals surface area contributed by atoms with E-state index in [1.165, 1.54) is 120 Å². The van der Waals surface area contributed by atoms with Gasteiger partial charge in [-0.05, 0) is 103 Å². The van der Waals surface area contributed by atoms with Crippen molar-refractivity contribution in [2.24, 2.45) is 17.6 Å². The van der Waals surface area contributed by atoms with Gasteiger partial charge in [-0.25, -0.2) is 0 Å². The van der Waals surface area contributed by atoms with Crippen molar-refractivity contribution in [2.45, 2.75) is 219 Å². The van der Waals surface area contributed by atoms with Gasteiger partial charge in [-0.2, -0.15) is 0 Å². The summed E-state index contributed by atoms with van der Waals surface area (Å²) in [6, 6.07) is 10.8. The summed E-state index contributed by atoms with van der Waals surface area (Å²) >= 11 is 0. The molecule has 6 N–H and O–H groups in total. The van der Waals surface area contributed by atoms with Gasteiger partial charge >= 0.3 is 0 Å². The van der Waals surface area contributed by atoms with E-state index in [9.17, 15) is 43.5 Å². The Kier molecular flexibility index (Phi) is 35.3. The SMILES string of the molecule is CC[C@H](C)[C@H](NC(=O)[C@H](C)N(C)C(=O)[C@H](Cc1ccccc1)N(C)C(=O)[C@H](C)N(C)C(=O)C[C@H](NC(=O)[C@H](C)N(C)C(=O)[C@H](CC(C)C)N(C)C(=O)[C@H](C)N(C)C(=O)C[C@@H](C)O)C(=O)N(C)[C@@H](Cc1ccccc1)C(=O)N(C)[C@@H](Cc1ccccc1)C(=O)N[C@@H](C)C(=O)N1CCCCC1)C(=O)N(C)[C@@H](C)C(N)=O. The van der Waals surface area contributed by atoms with Gasteiger partial charge in [-0.1, -0.05) is 125 Å². The molecule has 0 bridgehead atoms. The van der Waals surface area contributed by atoms with Crippen LogP contribution < -0.4 is 21.7 Å². The van der Waals surface area contributed by atoms with Crippen LogP contribution in [-0.2, 0) is 86.4 Å². The minimum atomic E-state index is -1.88. The Morgan fingerprint density at radius 1 is 0.407 bits per heavy atom. The fourth-order valence-electron chi connectivity index (χ4n) is 12.7. The Labute approximate surface area is 637 Å². The molecule has 0 aliphatic carbocycles. The second-order valence-electron chi connectivity index (χ2n) is 29.5. The number of nitrogens with two attached hydrogens (primary N) is 1. The van der Waals surface area contributed by atoms with E-state index in [0.29, 0.717) is 36.2 Å². The van der Waals surface area contributed by atoms with Crippen molar-refractivity contribution in [2.75, 3.05) is 76.5 Å². The molecule has 3 aromatic carbocycles. The standard InChI is InChI=1S/C79H120N14O15/c1-21-49(4)67(79(108)86(14)52(7)68(80)97)83-70(99)54(9)88(16)77(106)63(45-58-36-28-23-29-37-58)91(19)74(103)56(11)85(13)66(96)47-60(82-69(98)53(8)87(15)76(105)62(42-48(2)3)90(18)73(102)55(10)84(12)65(95)43-50(5)94)75(104)92(20)64(46-59-38-30-24-31-39-59)78(107)89(17)61(44-57-34-26-22-27-35-57)71(100)81-51(6)72(101)93-40-32-25-33-41-93/h22-24,26-31,34-39,48-56,60-64,67,94H,21,25,32-33,40-47H2,1-20H3,(H2,80,97)(H,81,100)(H,82,98)(H,83,99)/t49-,50+,51-,52-,53-,54-,55-,56-,60-,61-,62-,63-,64-,67-/m0/s1. The number of likely N-dealkylation sites (tertiary alicyclic amines) is 1. The quantitative estimate of drug-likeness (QED) is 0.0550. The average molecular weight is 1510 g/mol. The molecular formula is C79H120N14O15. The van der Waals surface area contributed by atoms with E-state index < -0.39 is 168 Å². The zero-order valence-electron chi connectivity index (χ0n) is 67.0. The molecular weight excluding hydrogens is 1380 g/mol. The van der Waals surface area contributed by atoms with Gasteiger partial charge in [0, 0.05) is 95.8 Å². The van der Waals surface area contributed by atoms with Crippen LogP contribution >= 0.6 is 0 Å². The second-order valence-corrected chi connectivity index (χ2v) is 29.5. The largest absolute Gasteiger partial charge is 0.393 e. The lowest BCUT2D eigenvalue weighted by molar-refractivity contribution is -0.153. The fourth-order valence-corrected chi connectivity index (χ4v) is 12.7. The summed E-state index contributed by atoms with van der Waals surface area (Å²) in [5.74, 6) is -10.6. The van der Waals surface area contributed by atoms with Crippen LogP contribution in [0.15, 0.2) is 91.0 Å². The number of carbonyl (C=O) groups is 14. The van der Waals surface area contributed by atoms with Crippen LogP contribution in [0.2, 0.25) is 0 Å². The molecule has 1 aliphatic rings. The number of aliphatic hydroxyl groups is 1. The first kappa shape index (κ1) is 90.6. The van der Waals surface area contributed by atoms with E-state index in [0.717, 1.165) is 48.7 Å². The number of primary amides is 1. The minimum absolute atomic E-state index is 0.0254. The smallest absolute Gasteiger partial charge is 0.246 e. The first-order chi connectivity index (χ1) is 50.6. The van der Waals surface area contributed by atoms with Crippen LogP contribution in [0.25, 0.3) is 0 Å². The number of amides is 14. The minimum Gasteiger partial charge on any atom is -0.393 e. The third-order valence-corrected chi connectivity index (χ3v) is 21.2. The predicted octanol–water partition coefficient (Wildman–Crippen LogP) is 2.48. The molecule has 0 aromatic heterocycles. The molecule has 29 nitrogen and oxygen atoms in total. The van der Waals surface area contributed by atoms with Crippen molar-refractivity contribution in [3.63, 3.8) is 0 Å². The molecule has 596 valence electrons. The lowest BCUT2D eigenvalue weighted by Gasteiger charge is -2.38. The van der Waals surface area contributed by atoms with E-state index >= 15 is 28.8 Å². The number of benzene rings is 3. The highest BCUT2D eigenvalue weighted by molar-refractivity contribution is 6.01. The molecule has 108 heavy (non-hydrogen) atoms. The van der Waals surface area contributed by atoms with Gasteiger partial charge in [-0.3, -0.25) is 67.1 Å². The van der Waals surface area contributed by atoms with E-state index in [1.54, 1.807) is 110 Å². The van der Waals surface area contributed by atoms with Crippen LogP contribution in [0.3, 0.4) is 0 Å². The maximum absolute atomic E-state index is 15.8. The number of hydrogen-bond donors (Lipinski definition) is 5. The zero-order chi connectivity index (χ0) is 81.5. The van der Waals surface area contributed by atoms with Crippen molar-refractivity contribution in [1.82, 2.24) is 64.9 Å². The van der Waals surface area contributed by atoms with Gasteiger partial charge in [0.15, 0.2) is 0 Å². The van der Waals surface area contributed by atoms with Gasteiger partial charge in [0.2, 0.25) is 82.7 Å². The van der Waals surface area contributed by atoms with Gasteiger partial charge in [-0.15, -0.1) is 0 Å². The van der Waals surface area contributed by atoms with Crippen LogP contribution in [0.4, 0.5) is 0 Å². The summed E-state index contributed by atoms with van der Waals surface area (Å²) in [6.07, 6.45) is 0.717. The molecule has 14 atom stereocenters. The van der Waals surface area contributed by atoms with E-state index in [4.69, 9.17) is 5.73 Å². The molecule has 0 spiro atoms. The number of rotatable bonds is 38. The van der Waals surface area contributed by atoms with Gasteiger partial charge in [0.1, 0.15) is 72.5 Å². The van der Waals surface area contributed by atoms with Crippen LogP contribution in [0.5, 0.6) is 0 Å². The number of nitrogens with one attached hydrogen (secondary N) is 3. The summed E-state index contributed by atoms with van der Waals surface area (Å²) < 4.78 is 0. The normalized spacial score (nSPS) is 16.0. The average Bonchev–Trinajstić information content (AvgIpc) is 0.815. The third kappa shape index (κ3) is 24.6. The highest BCUT2D eigenvalue weighted by atomic mass is 16.3. The lowest BCUT2D eigenvalue weighted by atomic mass is 9.96. The first-order valence-corrected chi connectivity index (χ1v) is 37.3. The molecule has 0 saturated carbocycles. The Hall–Kier alpha value is -9.80. The van der Waals surface area contributed by atoms with E-state index in [1.807, 2.05) is 20.8 Å². The maximum atomic E-state index is 15.8. The van der Waals surface area contributed by atoms with Crippen LogP contribution in [-0.4, -0.2) is 292 Å². The highest BCUT2D eigenvalue weighted by Gasteiger charge is 2.44. The molecule has 0 radical (unpaired) electrons. The summed E-state index contributed by atoms with van der Waals surface area (Å²) in [4.78, 5) is 214. The van der Waals surface area contributed by atoms with Crippen molar-refractivity contribution < 1.29 is 72.2 Å². The van der Waals surface area contributed by atoms with E-state index in [2.05, 4.69) is 16.0 Å². The molecule has 1 saturated heterocycles. The molecule has 14 amide bonds. The Morgan fingerprint density at radius 2 is 0.778 bits per heavy atom. The molecule has 3 aromatic rings. The molecule has 29 heteroatoms. The summed E-state index contributed by atoms with van der Waals surface area (Å²) in [5.41, 5.74) is 7.38. The summed E-state index contributed by atoms with van der Waals surface area (Å²) in [7, 11) is 12.3. The van der Waals surface area contributed by atoms with Crippen LogP contribution in [0.1, 0.15) is 138 Å². The van der Waals surface area contributed by atoms with Crippen molar-refractivity contribution in [3.05, 3.63) is 108 Å². The first-order valence-electron chi connectivity index (χ1n) is 37.3. The third-order valence-electron chi connectivity index (χ3n) is 21.2. The summed E-state index contributed by atoms with van der Waals surface area (Å²) in [5, 5.41) is 18.3. The predicted molar refractivity (Wildman–Crippen MR) is 409 cm³/mol. The molecule has 0 unspecified atom stereocenters. The second kappa shape index (κ2) is 42.1. The maximum Gasteiger partial charge on any atom is 0.246 e. The number of hydrogen-bond acceptors (Lipinski definition) is 15. The number of carbonyl (C=O) groups excluding carboxylic acids is 14. The number of aliphatic hydroxyl groups excluding tert-OH is 1. The van der Waals surface area contributed by atoms with Crippen LogP contribution in [0, 0.1) is 11.8 Å². The number of piperidine rings is 1. The summed E-state index contributed by atoms with van der Waals surface area (Å²) in [6.45, 7) is 18.5. The molecule has 1 heterocycles. The Bertz CT molecular complexity index is 3580. The van der Waals surface area contributed by atoms with E-state index in [-0.39, 0.29) is 43.9 Å². The van der Waals surface area contributed by atoms with Crippen molar-refractivity contribution in [3.8, 4) is 0 Å². The molecule has 1 aliphatic heterocycles. The Morgan fingerprint density at radius 3 is 1.19 bits per heavy atom. The van der Waals surface area contributed by atoms with Crippen molar-refractivity contribution >= 4 is 82.7 Å². The van der Waals surface area contributed by atoms with Gasteiger partial charge < -0.3 is 75.8 Å². The molecule has 1 fully saturated rings. The number of likely N-dealkylation sites (N-methyl/N-ethyl adjacent to an activating group) is 9. The monoisotopic (exact) mass is 1500 g/mol. The number of nitrogens with zero attached hydrogens (tertiary/aromatic N) is 10. The van der Waals surface area contributed by atoms with Gasteiger partial charge in [0.05, 0.1) is 18.9 Å². The fraction of sp³-hybridized carbons (Fsp3) is 0.595. The zero-order valence-corrected chi connectivity index (χ0v) is 67.0. The van der Waals surface area contributed by atoms with Crippen molar-refractivity contribution in [1.29, 1.82) is 0 Å². The molecule has 4 rings (SSSR count).